The molecule has 2 heterocycles. The normalized spacial score (nSPS) is 14.3. The van der Waals surface area contributed by atoms with Crippen molar-refractivity contribution in [3.05, 3.63) is 60.2 Å². The van der Waals surface area contributed by atoms with Gasteiger partial charge in [-0.25, -0.2) is 0 Å². The third-order valence-corrected chi connectivity index (χ3v) is 4.15. The highest BCUT2D eigenvalue weighted by Gasteiger charge is 2.19. The average Bonchev–Trinajstić information content (AvgIpc) is 3.23. The molecule has 0 saturated heterocycles. The van der Waals surface area contributed by atoms with E-state index >= 15 is 0 Å². The molecule has 0 aliphatic rings. The zero-order valence-corrected chi connectivity index (χ0v) is 14.0. The van der Waals surface area contributed by atoms with Gasteiger partial charge in [-0.15, -0.1) is 0 Å². The molecule has 0 saturated carbocycles. The van der Waals surface area contributed by atoms with Crippen LogP contribution in [0.15, 0.2) is 57.6 Å². The Balaban J connectivity index is 1.50. The van der Waals surface area contributed by atoms with E-state index in [-0.39, 0.29) is 12.6 Å². The molecule has 0 aliphatic carbocycles. The van der Waals surface area contributed by atoms with Crippen molar-refractivity contribution in [3.8, 4) is 0 Å². The summed E-state index contributed by atoms with van der Waals surface area (Å²) in [7, 11) is 1.97. The fraction of sp³-hybridized carbons (Fsp3) is 0.368. The van der Waals surface area contributed by atoms with Gasteiger partial charge in [0.15, 0.2) is 0 Å². The van der Waals surface area contributed by atoms with Crippen molar-refractivity contribution in [2.75, 3.05) is 20.2 Å². The number of hydrogen-bond acceptors (Lipinski definition) is 5. The van der Waals surface area contributed by atoms with E-state index in [0.29, 0.717) is 13.2 Å². The first-order valence-electron chi connectivity index (χ1n) is 8.10. The van der Waals surface area contributed by atoms with Crippen molar-refractivity contribution in [1.82, 2.24) is 4.90 Å². The van der Waals surface area contributed by atoms with Crippen molar-refractivity contribution in [1.29, 1.82) is 0 Å². The molecule has 0 aliphatic heterocycles. The molecule has 2 atom stereocenters. The summed E-state index contributed by atoms with van der Waals surface area (Å²) in [5, 5.41) is 11.2. The van der Waals surface area contributed by atoms with E-state index in [2.05, 4.69) is 17.9 Å². The van der Waals surface area contributed by atoms with Crippen molar-refractivity contribution in [3.63, 3.8) is 0 Å². The van der Waals surface area contributed by atoms with Gasteiger partial charge in [0.25, 0.3) is 0 Å². The largest absolute Gasteiger partial charge is 0.467 e. The zero-order chi connectivity index (χ0) is 16.9. The fourth-order valence-corrected chi connectivity index (χ4v) is 2.66. The van der Waals surface area contributed by atoms with Crippen molar-refractivity contribution < 1.29 is 18.7 Å². The van der Waals surface area contributed by atoms with E-state index in [1.807, 2.05) is 43.4 Å². The summed E-state index contributed by atoms with van der Waals surface area (Å²) in [6.45, 7) is 3.19. The van der Waals surface area contributed by atoms with Gasteiger partial charge in [0, 0.05) is 11.9 Å². The van der Waals surface area contributed by atoms with Crippen molar-refractivity contribution >= 4 is 11.0 Å². The smallest absolute Gasteiger partial charge is 0.134 e. The summed E-state index contributed by atoms with van der Waals surface area (Å²) >= 11 is 0. The van der Waals surface area contributed by atoms with Gasteiger partial charge < -0.3 is 18.7 Å². The van der Waals surface area contributed by atoms with Crippen LogP contribution in [-0.2, 0) is 11.3 Å². The summed E-state index contributed by atoms with van der Waals surface area (Å²) in [6.07, 6.45) is 1.04. The molecule has 2 aromatic heterocycles. The highest BCUT2D eigenvalue weighted by Crippen LogP contribution is 2.26. The molecule has 0 amide bonds. The molecular formula is C19H23NO4. The van der Waals surface area contributed by atoms with Gasteiger partial charge in [-0.1, -0.05) is 18.2 Å². The maximum Gasteiger partial charge on any atom is 0.134 e. The molecule has 128 valence electrons. The second-order valence-electron chi connectivity index (χ2n) is 6.05. The Morgan fingerprint density at radius 2 is 2.04 bits per heavy atom. The van der Waals surface area contributed by atoms with Crippen LogP contribution in [0.3, 0.4) is 0 Å². The number of nitrogens with zero attached hydrogens (tertiary/aromatic N) is 1. The number of benzene rings is 1. The van der Waals surface area contributed by atoms with Crippen LogP contribution in [0.25, 0.3) is 11.0 Å². The predicted molar refractivity (Wildman–Crippen MR) is 91.6 cm³/mol. The highest BCUT2D eigenvalue weighted by molar-refractivity contribution is 5.77. The molecule has 0 radical (unpaired) electrons. The Morgan fingerprint density at radius 1 is 1.21 bits per heavy atom. The van der Waals surface area contributed by atoms with E-state index in [0.717, 1.165) is 22.5 Å². The number of hydrogen-bond donors (Lipinski definition) is 1. The minimum atomic E-state index is -0.572. The Bertz CT molecular complexity index is 717. The number of para-hydroxylation sites is 1. The quantitative estimate of drug-likeness (QED) is 0.684. The molecule has 3 aromatic rings. The summed E-state index contributed by atoms with van der Waals surface area (Å²) in [5.74, 6) is 1.65. The van der Waals surface area contributed by atoms with E-state index in [4.69, 9.17) is 13.6 Å². The average molecular weight is 329 g/mol. The highest BCUT2D eigenvalue weighted by atomic mass is 16.5. The molecule has 0 spiro atoms. The lowest BCUT2D eigenvalue weighted by Crippen LogP contribution is -2.33. The van der Waals surface area contributed by atoms with Gasteiger partial charge in [-0.05, 0) is 38.2 Å². The summed E-state index contributed by atoms with van der Waals surface area (Å²) in [5.41, 5.74) is 0.884. The third kappa shape index (κ3) is 4.06. The van der Waals surface area contributed by atoms with Gasteiger partial charge in [0.2, 0.25) is 0 Å². The van der Waals surface area contributed by atoms with Crippen LogP contribution < -0.4 is 0 Å². The van der Waals surface area contributed by atoms with E-state index in [9.17, 15) is 5.11 Å². The lowest BCUT2D eigenvalue weighted by Gasteiger charge is -2.25. The van der Waals surface area contributed by atoms with Crippen LogP contribution in [0.1, 0.15) is 24.5 Å². The molecule has 2 unspecified atom stereocenters. The number of rotatable bonds is 8. The third-order valence-electron chi connectivity index (χ3n) is 4.15. The molecule has 1 N–H and O–H groups in total. The number of fused-ring (bicyclic) bond motifs is 1. The second kappa shape index (κ2) is 7.66. The molecule has 24 heavy (non-hydrogen) atoms. The summed E-state index contributed by atoms with van der Waals surface area (Å²) in [4.78, 5) is 2.05. The lowest BCUT2D eigenvalue weighted by molar-refractivity contribution is 0.00277. The number of ether oxygens (including phenoxy) is 1. The topological polar surface area (TPSA) is 59.0 Å². The molecule has 3 rings (SSSR count). The first-order chi connectivity index (χ1) is 11.6. The van der Waals surface area contributed by atoms with Crippen LogP contribution >= 0.6 is 0 Å². The Morgan fingerprint density at radius 3 is 2.79 bits per heavy atom. The molecule has 5 heteroatoms. The van der Waals surface area contributed by atoms with Crippen molar-refractivity contribution in [2.45, 2.75) is 25.7 Å². The van der Waals surface area contributed by atoms with Crippen molar-refractivity contribution in [2.24, 2.45) is 0 Å². The molecule has 0 fully saturated rings. The minimum absolute atomic E-state index is 0.0668. The Hall–Kier alpha value is -2.08. The van der Waals surface area contributed by atoms with E-state index < -0.39 is 6.10 Å². The first-order valence-corrected chi connectivity index (χ1v) is 8.10. The lowest BCUT2D eigenvalue weighted by atomic mass is 10.2. The SMILES string of the molecule is CC(c1cc2ccccc2o1)N(C)CC(O)COCc1ccco1. The van der Waals surface area contributed by atoms with Crippen LogP contribution in [0.5, 0.6) is 0 Å². The maximum absolute atomic E-state index is 10.2. The number of aliphatic hydroxyl groups is 1. The van der Waals surface area contributed by atoms with Gasteiger partial charge in [0.1, 0.15) is 23.7 Å². The van der Waals surface area contributed by atoms with Crippen LogP contribution in [0.4, 0.5) is 0 Å². The van der Waals surface area contributed by atoms with Gasteiger partial charge in [-0.2, -0.15) is 0 Å². The molecule has 5 nitrogen and oxygen atoms in total. The second-order valence-corrected chi connectivity index (χ2v) is 6.05. The Kier molecular flexibility index (Phi) is 5.35. The Labute approximate surface area is 141 Å². The number of furan rings is 2. The number of aliphatic hydroxyl groups excluding tert-OH is 1. The van der Waals surface area contributed by atoms with Gasteiger partial charge in [0.05, 0.1) is 25.0 Å². The standard InChI is InChI=1S/C19H23NO4/c1-14(19-10-15-6-3-4-8-18(15)24-19)20(2)11-16(21)12-22-13-17-7-5-9-23-17/h3-10,14,16,21H,11-13H2,1-2H3. The minimum Gasteiger partial charge on any atom is -0.467 e. The molecule has 1 aromatic carbocycles. The van der Waals surface area contributed by atoms with Crippen LogP contribution in [-0.4, -0.2) is 36.3 Å². The zero-order valence-electron chi connectivity index (χ0n) is 14.0. The predicted octanol–water partition coefficient (Wildman–Crippen LogP) is 3.60. The van der Waals surface area contributed by atoms with Crippen LogP contribution in [0.2, 0.25) is 0 Å². The van der Waals surface area contributed by atoms with Crippen LogP contribution in [0, 0.1) is 0 Å². The maximum atomic E-state index is 10.2. The summed E-state index contributed by atoms with van der Waals surface area (Å²) < 4.78 is 16.6. The van der Waals surface area contributed by atoms with E-state index in [1.54, 1.807) is 6.26 Å². The fourth-order valence-electron chi connectivity index (χ4n) is 2.66. The van der Waals surface area contributed by atoms with Gasteiger partial charge >= 0.3 is 0 Å². The monoisotopic (exact) mass is 329 g/mol. The number of likely N-dealkylation sites (N-methyl/N-ethyl adjacent to an activating group) is 1. The summed E-state index contributed by atoms with van der Waals surface area (Å²) in [6, 6.07) is 13.7. The first kappa shape index (κ1) is 16.8. The van der Waals surface area contributed by atoms with E-state index in [1.165, 1.54) is 0 Å². The molecular weight excluding hydrogens is 306 g/mol. The molecule has 0 bridgehead atoms. The van der Waals surface area contributed by atoms with Gasteiger partial charge in [-0.3, -0.25) is 4.90 Å².